The number of rotatable bonds is 4. The Bertz CT molecular complexity index is 363. The quantitative estimate of drug-likeness (QED) is 0.825. The van der Waals surface area contributed by atoms with E-state index in [1.165, 1.54) is 0 Å². The van der Waals surface area contributed by atoms with E-state index in [4.69, 9.17) is 0 Å². The predicted octanol–water partition coefficient (Wildman–Crippen LogP) is 1.55. The second-order valence-corrected chi connectivity index (χ2v) is 6.26. The van der Waals surface area contributed by atoms with E-state index >= 15 is 0 Å². The number of carbonyl (C=O) groups excluding carboxylic acids is 2. The molecule has 4 heteroatoms. The van der Waals surface area contributed by atoms with Crippen LogP contribution in [0.2, 0.25) is 0 Å². The highest BCUT2D eigenvalue weighted by Gasteiger charge is 2.51. The molecule has 18 heavy (non-hydrogen) atoms. The molecule has 1 saturated carbocycles. The van der Waals surface area contributed by atoms with Gasteiger partial charge in [-0.05, 0) is 38.0 Å². The first-order valence-electron chi connectivity index (χ1n) is 7.02. The lowest BCUT2D eigenvalue weighted by Gasteiger charge is -2.46. The Balaban J connectivity index is 2.26. The largest absolute Gasteiger partial charge is 0.342 e. The Kier molecular flexibility index (Phi) is 3.39. The van der Waals surface area contributed by atoms with Crippen molar-refractivity contribution in [3.63, 3.8) is 0 Å². The third-order valence-corrected chi connectivity index (χ3v) is 4.23. The Morgan fingerprint density at radius 3 is 2.44 bits per heavy atom. The molecular weight excluding hydrogens is 228 g/mol. The summed E-state index contributed by atoms with van der Waals surface area (Å²) in [5, 5.41) is 2.94. The summed E-state index contributed by atoms with van der Waals surface area (Å²) in [5.41, 5.74) is -0.674. The van der Waals surface area contributed by atoms with Crippen molar-refractivity contribution in [1.29, 1.82) is 0 Å². The third-order valence-electron chi connectivity index (χ3n) is 4.23. The molecule has 2 rings (SSSR count). The van der Waals surface area contributed by atoms with Crippen molar-refractivity contribution in [3.8, 4) is 0 Å². The van der Waals surface area contributed by atoms with Crippen LogP contribution >= 0.6 is 0 Å². The van der Waals surface area contributed by atoms with Gasteiger partial charge in [-0.25, -0.2) is 0 Å². The van der Waals surface area contributed by atoms with Gasteiger partial charge in [0.1, 0.15) is 11.6 Å². The fourth-order valence-electron chi connectivity index (χ4n) is 2.65. The number of piperazine rings is 1. The molecule has 0 spiro atoms. The molecule has 1 saturated heterocycles. The van der Waals surface area contributed by atoms with Crippen LogP contribution < -0.4 is 5.32 Å². The van der Waals surface area contributed by atoms with Gasteiger partial charge in [0.25, 0.3) is 0 Å². The van der Waals surface area contributed by atoms with Crippen LogP contribution in [-0.2, 0) is 9.59 Å². The van der Waals surface area contributed by atoms with Gasteiger partial charge in [-0.2, -0.15) is 0 Å². The average molecular weight is 252 g/mol. The van der Waals surface area contributed by atoms with E-state index in [9.17, 15) is 9.59 Å². The Labute approximate surface area is 109 Å². The van der Waals surface area contributed by atoms with Crippen LogP contribution in [0.1, 0.15) is 47.0 Å². The number of hydrogen-bond acceptors (Lipinski definition) is 2. The van der Waals surface area contributed by atoms with Crippen molar-refractivity contribution in [2.75, 3.05) is 6.54 Å². The molecule has 0 aromatic rings. The van der Waals surface area contributed by atoms with Crippen molar-refractivity contribution in [2.45, 2.75) is 58.5 Å². The molecule has 1 aliphatic carbocycles. The second kappa shape index (κ2) is 4.56. The maximum atomic E-state index is 12.6. The van der Waals surface area contributed by atoms with E-state index in [2.05, 4.69) is 19.2 Å². The first kappa shape index (κ1) is 13.4. The summed E-state index contributed by atoms with van der Waals surface area (Å²) >= 11 is 0. The molecule has 2 aliphatic rings. The maximum Gasteiger partial charge on any atom is 0.246 e. The number of hydrogen-bond donors (Lipinski definition) is 1. The molecule has 0 radical (unpaired) electrons. The van der Waals surface area contributed by atoms with Crippen molar-refractivity contribution in [1.82, 2.24) is 10.2 Å². The van der Waals surface area contributed by atoms with Crippen molar-refractivity contribution < 1.29 is 9.59 Å². The molecule has 0 aromatic heterocycles. The minimum absolute atomic E-state index is 0.0159. The maximum absolute atomic E-state index is 12.6. The van der Waals surface area contributed by atoms with Crippen LogP contribution in [-0.4, -0.2) is 34.8 Å². The highest BCUT2D eigenvalue weighted by atomic mass is 16.2. The lowest BCUT2D eigenvalue weighted by atomic mass is 9.88. The molecule has 1 N–H and O–H groups in total. The first-order chi connectivity index (χ1) is 8.40. The lowest BCUT2D eigenvalue weighted by Crippen LogP contribution is -2.70. The van der Waals surface area contributed by atoms with Crippen molar-refractivity contribution in [2.24, 2.45) is 11.8 Å². The van der Waals surface area contributed by atoms with E-state index < -0.39 is 5.54 Å². The summed E-state index contributed by atoms with van der Waals surface area (Å²) in [7, 11) is 0. The van der Waals surface area contributed by atoms with E-state index in [1.807, 2.05) is 18.7 Å². The summed E-state index contributed by atoms with van der Waals surface area (Å²) in [6.07, 6.45) is 2.79. The van der Waals surface area contributed by atoms with Crippen LogP contribution in [0.5, 0.6) is 0 Å². The Hall–Kier alpha value is -1.06. The van der Waals surface area contributed by atoms with Gasteiger partial charge in [0.05, 0.1) is 0 Å². The van der Waals surface area contributed by atoms with Crippen molar-refractivity contribution in [3.05, 3.63) is 0 Å². The van der Waals surface area contributed by atoms with Gasteiger partial charge in [0.15, 0.2) is 0 Å². The first-order valence-corrected chi connectivity index (χ1v) is 7.02. The molecule has 1 heterocycles. The monoisotopic (exact) mass is 252 g/mol. The zero-order valence-corrected chi connectivity index (χ0v) is 11.8. The summed E-state index contributed by atoms with van der Waals surface area (Å²) in [6, 6.07) is -0.268. The zero-order chi connectivity index (χ0) is 13.5. The summed E-state index contributed by atoms with van der Waals surface area (Å²) < 4.78 is 0. The van der Waals surface area contributed by atoms with Crippen LogP contribution in [0.4, 0.5) is 0 Å². The Morgan fingerprint density at radius 1 is 1.39 bits per heavy atom. The van der Waals surface area contributed by atoms with Gasteiger partial charge in [0, 0.05) is 6.54 Å². The Morgan fingerprint density at radius 2 is 2.00 bits per heavy atom. The highest BCUT2D eigenvalue weighted by Crippen LogP contribution is 2.37. The number of carbonyl (C=O) groups is 2. The van der Waals surface area contributed by atoms with Crippen LogP contribution in [0, 0.1) is 11.8 Å². The van der Waals surface area contributed by atoms with Crippen LogP contribution in [0.15, 0.2) is 0 Å². The third kappa shape index (κ3) is 2.13. The molecule has 2 fully saturated rings. The SMILES string of the molecule is CCC1(C)C(=O)NC(C2CC2)C(=O)N1CC(C)C. The number of nitrogens with zero attached hydrogens (tertiary/aromatic N) is 1. The molecule has 2 unspecified atom stereocenters. The van der Waals surface area contributed by atoms with Gasteiger partial charge in [0.2, 0.25) is 11.8 Å². The summed E-state index contributed by atoms with van der Waals surface area (Å²) in [4.78, 5) is 26.7. The fourth-order valence-corrected chi connectivity index (χ4v) is 2.65. The van der Waals surface area contributed by atoms with E-state index in [1.54, 1.807) is 0 Å². The highest BCUT2D eigenvalue weighted by molar-refractivity contribution is 5.99. The molecule has 4 nitrogen and oxygen atoms in total. The standard InChI is InChI=1S/C14H24N2O2/c1-5-14(4)13(18)15-11(10-6-7-10)12(17)16(14)8-9(2)3/h9-11H,5-8H2,1-4H3,(H,15,18). The summed E-state index contributed by atoms with van der Waals surface area (Å²) in [5.74, 6) is 0.889. The summed E-state index contributed by atoms with van der Waals surface area (Å²) in [6.45, 7) is 8.69. The van der Waals surface area contributed by atoms with Gasteiger partial charge < -0.3 is 10.2 Å². The molecule has 0 bridgehead atoms. The van der Waals surface area contributed by atoms with Gasteiger partial charge in [-0.3, -0.25) is 9.59 Å². The van der Waals surface area contributed by atoms with E-state index in [0.717, 1.165) is 12.8 Å². The normalized spacial score (nSPS) is 32.9. The smallest absolute Gasteiger partial charge is 0.246 e. The molecule has 1 aliphatic heterocycles. The molecular formula is C14H24N2O2. The topological polar surface area (TPSA) is 49.4 Å². The minimum Gasteiger partial charge on any atom is -0.342 e. The molecule has 2 atom stereocenters. The van der Waals surface area contributed by atoms with Crippen LogP contribution in [0.25, 0.3) is 0 Å². The van der Waals surface area contributed by atoms with Crippen molar-refractivity contribution >= 4 is 11.8 Å². The van der Waals surface area contributed by atoms with E-state index in [0.29, 0.717) is 24.8 Å². The number of nitrogens with one attached hydrogen (secondary N) is 1. The number of amides is 2. The van der Waals surface area contributed by atoms with Gasteiger partial charge in [-0.15, -0.1) is 0 Å². The minimum atomic E-state index is -0.674. The van der Waals surface area contributed by atoms with E-state index in [-0.39, 0.29) is 17.9 Å². The average Bonchev–Trinajstić information content (AvgIpc) is 3.13. The van der Waals surface area contributed by atoms with Crippen LogP contribution in [0.3, 0.4) is 0 Å². The molecule has 102 valence electrons. The van der Waals surface area contributed by atoms with Gasteiger partial charge >= 0.3 is 0 Å². The fraction of sp³-hybridized carbons (Fsp3) is 0.857. The molecule has 0 aromatic carbocycles. The molecule has 2 amide bonds. The lowest BCUT2D eigenvalue weighted by molar-refractivity contribution is -0.158. The predicted molar refractivity (Wildman–Crippen MR) is 69.9 cm³/mol. The zero-order valence-electron chi connectivity index (χ0n) is 11.8. The van der Waals surface area contributed by atoms with Gasteiger partial charge in [-0.1, -0.05) is 20.8 Å². The second-order valence-electron chi connectivity index (χ2n) is 6.26.